The van der Waals surface area contributed by atoms with Gasteiger partial charge in [-0.3, -0.25) is 9.10 Å². The van der Waals surface area contributed by atoms with Crippen molar-refractivity contribution in [1.82, 2.24) is 14.9 Å². The molecule has 2 heterocycles. The third-order valence-electron chi connectivity index (χ3n) is 4.54. The zero-order chi connectivity index (χ0) is 18.7. The molecule has 1 aromatic heterocycles. The normalized spacial score (nSPS) is 17.2. The SMILES string of the molecule is Cc1nccn1CC(C)CNC(=O)c1cccc(N2CCCS2(=O)=O)c1. The van der Waals surface area contributed by atoms with Crippen molar-refractivity contribution in [2.24, 2.45) is 5.92 Å². The van der Waals surface area contributed by atoms with E-state index in [4.69, 9.17) is 0 Å². The number of amides is 1. The predicted octanol–water partition coefficient (Wildman–Crippen LogP) is 1.80. The number of aryl methyl sites for hydroxylation is 1. The van der Waals surface area contributed by atoms with Crippen molar-refractivity contribution in [1.29, 1.82) is 0 Å². The molecule has 1 atom stereocenters. The van der Waals surface area contributed by atoms with Gasteiger partial charge in [0.05, 0.1) is 11.4 Å². The molecule has 1 aliphatic heterocycles. The molecular formula is C18H24N4O3S. The maximum absolute atomic E-state index is 12.4. The van der Waals surface area contributed by atoms with Crippen molar-refractivity contribution in [3.63, 3.8) is 0 Å². The summed E-state index contributed by atoms with van der Waals surface area (Å²) in [5, 5.41) is 2.93. The summed E-state index contributed by atoms with van der Waals surface area (Å²) < 4.78 is 27.5. The second-order valence-electron chi connectivity index (χ2n) is 6.73. The zero-order valence-electron chi connectivity index (χ0n) is 15.1. The fourth-order valence-corrected chi connectivity index (χ4v) is 4.65. The molecule has 0 radical (unpaired) electrons. The first-order valence-corrected chi connectivity index (χ1v) is 10.3. The summed E-state index contributed by atoms with van der Waals surface area (Å²) in [6.45, 7) is 5.78. The third-order valence-corrected chi connectivity index (χ3v) is 6.41. The molecule has 1 aliphatic rings. The number of carbonyl (C=O) groups is 1. The molecule has 0 bridgehead atoms. The van der Waals surface area contributed by atoms with E-state index in [-0.39, 0.29) is 17.6 Å². The molecule has 3 rings (SSSR count). The van der Waals surface area contributed by atoms with Gasteiger partial charge >= 0.3 is 0 Å². The lowest BCUT2D eigenvalue weighted by Gasteiger charge is -2.18. The van der Waals surface area contributed by atoms with E-state index in [0.29, 0.717) is 30.8 Å². The van der Waals surface area contributed by atoms with Crippen molar-refractivity contribution in [3.05, 3.63) is 48.0 Å². The third kappa shape index (κ3) is 4.07. The molecule has 1 amide bonds. The highest BCUT2D eigenvalue weighted by Crippen LogP contribution is 2.24. The molecule has 7 nitrogen and oxygen atoms in total. The van der Waals surface area contributed by atoms with Gasteiger partial charge in [0.15, 0.2) is 0 Å². The van der Waals surface area contributed by atoms with Crippen LogP contribution in [0.3, 0.4) is 0 Å². The Morgan fingerprint density at radius 1 is 1.38 bits per heavy atom. The lowest BCUT2D eigenvalue weighted by molar-refractivity contribution is 0.0947. The van der Waals surface area contributed by atoms with Crippen LogP contribution in [0.15, 0.2) is 36.7 Å². The van der Waals surface area contributed by atoms with Crippen LogP contribution < -0.4 is 9.62 Å². The molecule has 8 heteroatoms. The van der Waals surface area contributed by atoms with Crippen molar-refractivity contribution in [2.75, 3.05) is 23.1 Å². The quantitative estimate of drug-likeness (QED) is 0.833. The molecule has 0 saturated carbocycles. The lowest BCUT2D eigenvalue weighted by Crippen LogP contribution is -2.30. The van der Waals surface area contributed by atoms with Gasteiger partial charge in [0.25, 0.3) is 5.91 Å². The van der Waals surface area contributed by atoms with Gasteiger partial charge in [-0.1, -0.05) is 13.0 Å². The molecule has 140 valence electrons. The Kier molecular flexibility index (Phi) is 5.31. The fraction of sp³-hybridized carbons (Fsp3) is 0.444. The predicted molar refractivity (Wildman–Crippen MR) is 101 cm³/mol. The molecule has 1 fully saturated rings. The maximum Gasteiger partial charge on any atom is 0.251 e. The number of benzene rings is 1. The van der Waals surface area contributed by atoms with E-state index in [1.54, 1.807) is 30.5 Å². The topological polar surface area (TPSA) is 84.3 Å². The van der Waals surface area contributed by atoms with Gasteiger partial charge in [-0.15, -0.1) is 0 Å². The minimum absolute atomic E-state index is 0.161. The van der Waals surface area contributed by atoms with E-state index >= 15 is 0 Å². The van der Waals surface area contributed by atoms with Crippen LogP contribution in [0.5, 0.6) is 0 Å². The van der Waals surface area contributed by atoms with Crippen molar-refractivity contribution in [2.45, 2.75) is 26.8 Å². The van der Waals surface area contributed by atoms with E-state index < -0.39 is 10.0 Å². The molecule has 1 aromatic carbocycles. The number of hydrogen-bond acceptors (Lipinski definition) is 4. The molecule has 1 unspecified atom stereocenters. The standard InChI is InChI=1S/C18H24N4O3S/c1-14(13-21-9-7-19-15(21)2)12-20-18(23)16-5-3-6-17(11-16)22-8-4-10-26(22,24)25/h3,5-7,9,11,14H,4,8,10,12-13H2,1-2H3,(H,20,23). The zero-order valence-corrected chi connectivity index (χ0v) is 15.9. The molecule has 2 aromatic rings. The average Bonchev–Trinajstić information content (AvgIpc) is 3.17. The summed E-state index contributed by atoms with van der Waals surface area (Å²) in [4.78, 5) is 16.6. The van der Waals surface area contributed by atoms with Crippen LogP contribution in [0.2, 0.25) is 0 Å². The van der Waals surface area contributed by atoms with Crippen LogP contribution >= 0.6 is 0 Å². The first-order chi connectivity index (χ1) is 12.4. The van der Waals surface area contributed by atoms with E-state index in [1.807, 2.05) is 13.1 Å². The first-order valence-electron chi connectivity index (χ1n) is 8.73. The Bertz CT molecular complexity index is 891. The highest BCUT2D eigenvalue weighted by molar-refractivity contribution is 7.93. The Labute approximate surface area is 154 Å². The molecule has 0 aliphatic carbocycles. The van der Waals surface area contributed by atoms with E-state index in [9.17, 15) is 13.2 Å². The Hall–Kier alpha value is -2.35. The van der Waals surface area contributed by atoms with Crippen LogP contribution in [0, 0.1) is 12.8 Å². The number of sulfonamides is 1. The van der Waals surface area contributed by atoms with Crippen LogP contribution in [-0.4, -0.2) is 42.7 Å². The monoisotopic (exact) mass is 376 g/mol. The lowest BCUT2D eigenvalue weighted by atomic mass is 10.1. The summed E-state index contributed by atoms with van der Waals surface area (Å²) in [5.41, 5.74) is 1.02. The maximum atomic E-state index is 12.4. The van der Waals surface area contributed by atoms with Crippen LogP contribution in [-0.2, 0) is 16.6 Å². The van der Waals surface area contributed by atoms with Crippen molar-refractivity contribution < 1.29 is 13.2 Å². The van der Waals surface area contributed by atoms with E-state index in [1.165, 1.54) is 4.31 Å². The summed E-state index contributed by atoms with van der Waals surface area (Å²) in [6.07, 6.45) is 4.30. The van der Waals surface area contributed by atoms with Gasteiger partial charge in [0, 0.05) is 37.6 Å². The molecule has 1 saturated heterocycles. The second-order valence-corrected chi connectivity index (χ2v) is 8.75. The highest BCUT2D eigenvalue weighted by atomic mass is 32.2. The van der Waals surface area contributed by atoms with Gasteiger partial charge in [-0.05, 0) is 37.5 Å². The van der Waals surface area contributed by atoms with Gasteiger partial charge in [-0.2, -0.15) is 0 Å². The Morgan fingerprint density at radius 3 is 2.85 bits per heavy atom. The molecule has 26 heavy (non-hydrogen) atoms. The molecule has 0 spiro atoms. The summed E-state index contributed by atoms with van der Waals surface area (Å²) in [6, 6.07) is 6.79. The minimum Gasteiger partial charge on any atom is -0.352 e. The largest absolute Gasteiger partial charge is 0.352 e. The first kappa shape index (κ1) is 18.4. The van der Waals surface area contributed by atoms with E-state index in [2.05, 4.69) is 21.8 Å². The number of anilines is 1. The highest BCUT2D eigenvalue weighted by Gasteiger charge is 2.28. The summed E-state index contributed by atoms with van der Waals surface area (Å²) in [5.74, 6) is 1.16. The molecule has 1 N–H and O–H groups in total. The van der Waals surface area contributed by atoms with Crippen molar-refractivity contribution >= 4 is 21.6 Å². The van der Waals surface area contributed by atoms with Crippen LogP contribution in [0.4, 0.5) is 5.69 Å². The number of nitrogens with zero attached hydrogens (tertiary/aromatic N) is 3. The van der Waals surface area contributed by atoms with Gasteiger partial charge in [0.1, 0.15) is 5.82 Å². The van der Waals surface area contributed by atoms with Crippen molar-refractivity contribution in [3.8, 4) is 0 Å². The Balaban J connectivity index is 1.61. The average molecular weight is 376 g/mol. The number of hydrogen-bond donors (Lipinski definition) is 1. The Morgan fingerprint density at radius 2 is 2.19 bits per heavy atom. The summed E-state index contributed by atoms with van der Waals surface area (Å²) >= 11 is 0. The summed E-state index contributed by atoms with van der Waals surface area (Å²) in [7, 11) is -3.25. The number of aromatic nitrogens is 2. The smallest absolute Gasteiger partial charge is 0.251 e. The number of rotatable bonds is 6. The van der Waals surface area contributed by atoms with Gasteiger partial charge < -0.3 is 9.88 Å². The number of nitrogens with one attached hydrogen (secondary N) is 1. The second kappa shape index (κ2) is 7.49. The number of imidazole rings is 1. The van der Waals surface area contributed by atoms with Crippen LogP contribution in [0.25, 0.3) is 0 Å². The van der Waals surface area contributed by atoms with E-state index in [0.717, 1.165) is 12.4 Å². The van der Waals surface area contributed by atoms with Crippen LogP contribution in [0.1, 0.15) is 29.5 Å². The number of carbonyl (C=O) groups excluding carboxylic acids is 1. The molecular weight excluding hydrogens is 352 g/mol. The van der Waals surface area contributed by atoms with Gasteiger partial charge in [-0.25, -0.2) is 13.4 Å². The minimum atomic E-state index is -3.25. The van der Waals surface area contributed by atoms with Gasteiger partial charge in [0.2, 0.25) is 10.0 Å². The fourth-order valence-electron chi connectivity index (χ4n) is 3.10.